The van der Waals surface area contributed by atoms with Gasteiger partial charge in [0.15, 0.2) is 0 Å². The van der Waals surface area contributed by atoms with Gasteiger partial charge in [-0.25, -0.2) is 4.79 Å². The molecule has 0 spiro atoms. The molecule has 2 aromatic rings. The van der Waals surface area contributed by atoms with Crippen LogP contribution >= 0.6 is 22.2 Å². The fraction of sp³-hybridized carbons (Fsp3) is 0. The van der Waals surface area contributed by atoms with Gasteiger partial charge in [-0.15, -0.1) is 0 Å². The summed E-state index contributed by atoms with van der Waals surface area (Å²) in [6, 6.07) is 5.69. The second-order valence-corrected chi connectivity index (χ2v) is 8.03. The molecule has 5 nitrogen and oxygen atoms in total. The molecule has 0 fully saturated rings. The highest BCUT2D eigenvalue weighted by atomic mass is 32.5. The zero-order chi connectivity index (χ0) is 18.9. The van der Waals surface area contributed by atoms with E-state index in [1.165, 1.54) is 18.2 Å². The van der Waals surface area contributed by atoms with Gasteiger partial charge in [0.25, 0.3) is 0 Å². The molecule has 0 unspecified atom stereocenters. The van der Waals surface area contributed by atoms with Gasteiger partial charge >= 0.3 is 16.3 Å². The summed E-state index contributed by atoms with van der Waals surface area (Å²) in [4.78, 5) is 10.2. The van der Waals surface area contributed by atoms with Gasteiger partial charge in [-0.3, -0.25) is 5.14 Å². The van der Waals surface area contributed by atoms with Gasteiger partial charge in [-0.1, -0.05) is 25.5 Å². The molecule has 2 amide bonds. The van der Waals surface area contributed by atoms with E-state index >= 15 is 0 Å². The van der Waals surface area contributed by atoms with Crippen molar-refractivity contribution in [3.05, 3.63) is 42.5 Å². The van der Waals surface area contributed by atoms with Crippen LogP contribution in [0, 0.1) is 0 Å². The molecular weight excluding hydrogens is 387 g/mol. The molecule has 2 aromatic carbocycles. The molecule has 0 saturated heterocycles. The maximum Gasteiger partial charge on any atom is 0.323 e. The van der Waals surface area contributed by atoms with Crippen molar-refractivity contribution in [2.75, 3.05) is 16.4 Å². The highest BCUT2D eigenvalue weighted by Crippen LogP contribution is 3.02. The summed E-state index contributed by atoms with van der Waals surface area (Å²) in [5.74, 6) is 0. The molecule has 25 heavy (non-hydrogen) atoms. The lowest BCUT2D eigenvalue weighted by Gasteiger charge is -2.40. The lowest BCUT2D eigenvalue weighted by molar-refractivity contribution is 0.262. The first kappa shape index (κ1) is 19.1. The minimum absolute atomic E-state index is 0.172. The van der Waals surface area contributed by atoms with Crippen LogP contribution in [-0.4, -0.2) is 6.03 Å². The molecule has 0 saturated carbocycles. The van der Waals surface area contributed by atoms with Crippen molar-refractivity contribution >= 4 is 45.3 Å². The molecule has 0 atom stereocenters. The van der Waals surface area contributed by atoms with Crippen LogP contribution < -0.4 is 21.5 Å². The third kappa shape index (κ3) is 5.14. The largest absolute Gasteiger partial charge is 0.398 e. The number of hydrogen-bond donors (Lipinski definition) is 4. The molecule has 2 rings (SSSR count). The second-order valence-electron chi connectivity index (χ2n) is 4.95. The van der Waals surface area contributed by atoms with Gasteiger partial charge in [-0.05, 0) is 48.3 Å². The first-order valence-electron chi connectivity index (χ1n) is 6.47. The number of nitrogens with one attached hydrogen (secondary N) is 2. The van der Waals surface area contributed by atoms with Gasteiger partial charge in [0, 0.05) is 22.0 Å². The number of nitrogen functional groups attached to an aromatic ring is 1. The number of carbonyl (C=O) groups excluding carboxylic acids is 1. The quantitative estimate of drug-likeness (QED) is 0.308. The van der Waals surface area contributed by atoms with Crippen molar-refractivity contribution in [3.8, 4) is 0 Å². The molecule has 12 heteroatoms. The second kappa shape index (κ2) is 5.68. The number of nitrogens with two attached hydrogens (primary N) is 2. The SMILES string of the molecule is NSc1cc(NC(=O)Nc2cccc(S(F)(F)(F)(F)F)c2)ccc1N. The van der Waals surface area contributed by atoms with Crippen molar-refractivity contribution in [1.29, 1.82) is 0 Å². The van der Waals surface area contributed by atoms with Crippen LogP contribution in [0.25, 0.3) is 0 Å². The number of carbonyl (C=O) groups is 1. The zero-order valence-corrected chi connectivity index (χ0v) is 13.9. The van der Waals surface area contributed by atoms with Crippen LogP contribution in [0.3, 0.4) is 0 Å². The lowest BCUT2D eigenvalue weighted by atomic mass is 10.3. The van der Waals surface area contributed by atoms with E-state index in [0.717, 1.165) is 24.1 Å². The van der Waals surface area contributed by atoms with Gasteiger partial charge in [0.2, 0.25) is 0 Å². The summed E-state index contributed by atoms with van der Waals surface area (Å²) >= 11 is 0.843. The van der Waals surface area contributed by atoms with E-state index in [1.807, 2.05) is 0 Å². The fourth-order valence-corrected chi connectivity index (χ4v) is 2.91. The van der Waals surface area contributed by atoms with Crippen LogP contribution in [0.4, 0.5) is 41.3 Å². The van der Waals surface area contributed by atoms with Gasteiger partial charge < -0.3 is 16.4 Å². The molecule has 0 aromatic heterocycles. The van der Waals surface area contributed by atoms with E-state index in [1.54, 1.807) is 0 Å². The molecule has 0 radical (unpaired) electrons. The number of halogens is 5. The minimum Gasteiger partial charge on any atom is -0.398 e. The molecule has 0 aliphatic carbocycles. The van der Waals surface area contributed by atoms with E-state index in [-0.39, 0.29) is 17.8 Å². The maximum atomic E-state index is 12.8. The highest BCUT2D eigenvalue weighted by molar-refractivity contribution is 8.45. The summed E-state index contributed by atoms with van der Waals surface area (Å²) in [6.07, 6.45) is 0. The lowest BCUT2D eigenvalue weighted by Crippen LogP contribution is -2.19. The Morgan fingerprint density at radius 3 is 2.12 bits per heavy atom. The normalized spacial score (nSPS) is 14.3. The maximum absolute atomic E-state index is 12.8. The van der Waals surface area contributed by atoms with E-state index in [4.69, 9.17) is 10.9 Å². The predicted molar refractivity (Wildman–Crippen MR) is 91.4 cm³/mol. The third-order valence-corrected chi connectivity index (χ3v) is 4.69. The Morgan fingerprint density at radius 1 is 0.960 bits per heavy atom. The van der Waals surface area contributed by atoms with Crippen molar-refractivity contribution in [2.45, 2.75) is 9.79 Å². The minimum atomic E-state index is -9.82. The van der Waals surface area contributed by atoms with Crippen LogP contribution in [0.5, 0.6) is 0 Å². The summed E-state index contributed by atoms with van der Waals surface area (Å²) in [6.45, 7) is 0. The summed E-state index contributed by atoms with van der Waals surface area (Å²) in [7, 11) is -9.82. The highest BCUT2D eigenvalue weighted by Gasteiger charge is 2.65. The first-order chi connectivity index (χ1) is 11.3. The van der Waals surface area contributed by atoms with E-state index in [2.05, 4.69) is 10.6 Å². The van der Waals surface area contributed by atoms with Gasteiger partial charge in [-0.2, -0.15) is 0 Å². The first-order valence-corrected chi connectivity index (χ1v) is 9.30. The van der Waals surface area contributed by atoms with Crippen LogP contribution in [0.1, 0.15) is 0 Å². The van der Waals surface area contributed by atoms with E-state index < -0.39 is 26.8 Å². The fourth-order valence-electron chi connectivity index (χ4n) is 1.82. The predicted octanol–water partition coefficient (Wildman–Crippen LogP) is 5.54. The average molecular weight is 400 g/mol. The summed E-state index contributed by atoms with van der Waals surface area (Å²) in [5, 5.41) is 9.78. The Balaban J connectivity index is 2.17. The Kier molecular flexibility index (Phi) is 4.35. The van der Waals surface area contributed by atoms with E-state index in [0.29, 0.717) is 10.6 Å². The number of anilines is 3. The number of hydrogen-bond acceptors (Lipinski definition) is 4. The van der Waals surface area contributed by atoms with Crippen LogP contribution in [0.2, 0.25) is 0 Å². The molecule has 0 aliphatic rings. The molecule has 138 valence electrons. The smallest absolute Gasteiger partial charge is 0.323 e. The Morgan fingerprint density at radius 2 is 1.56 bits per heavy atom. The average Bonchev–Trinajstić information content (AvgIpc) is 2.47. The number of amides is 2. The Labute approximate surface area is 143 Å². The van der Waals surface area contributed by atoms with E-state index in [9.17, 15) is 24.2 Å². The van der Waals surface area contributed by atoms with Crippen LogP contribution in [-0.2, 0) is 0 Å². The Bertz CT molecular complexity index is 829. The number of rotatable bonds is 4. The summed E-state index contributed by atoms with van der Waals surface area (Å²) in [5.41, 5.74) is 5.84. The number of urea groups is 1. The Hall–Kier alpha value is -2.18. The number of benzene rings is 2. The van der Waals surface area contributed by atoms with Crippen molar-refractivity contribution in [1.82, 2.24) is 0 Å². The standard InChI is InChI=1S/C13H13F5N4OS2/c14-25(15,16,17,18)10-3-1-2-8(6-10)21-13(23)22-9-4-5-11(19)12(7-9)24-20/h1-7H,19-20H2,(H2,21,22,23). The monoisotopic (exact) mass is 400 g/mol. The van der Waals surface area contributed by atoms with Crippen molar-refractivity contribution < 1.29 is 24.2 Å². The van der Waals surface area contributed by atoms with Gasteiger partial charge in [0.05, 0.1) is 0 Å². The third-order valence-electron chi connectivity index (χ3n) is 2.94. The molecule has 0 aliphatic heterocycles. The molecule has 0 heterocycles. The van der Waals surface area contributed by atoms with Gasteiger partial charge in [0.1, 0.15) is 4.90 Å². The summed E-state index contributed by atoms with van der Waals surface area (Å²) < 4.78 is 63.9. The van der Waals surface area contributed by atoms with Crippen molar-refractivity contribution in [2.24, 2.45) is 5.14 Å². The topological polar surface area (TPSA) is 93.2 Å². The molecule has 6 N–H and O–H groups in total. The molecule has 0 bridgehead atoms. The van der Waals surface area contributed by atoms with Crippen molar-refractivity contribution in [3.63, 3.8) is 0 Å². The van der Waals surface area contributed by atoms with Crippen LogP contribution in [0.15, 0.2) is 52.3 Å². The zero-order valence-electron chi connectivity index (χ0n) is 12.3. The molecular formula is C13H13F5N4OS2.